The molecule has 0 aliphatic rings. The summed E-state index contributed by atoms with van der Waals surface area (Å²) < 4.78 is 0. The summed E-state index contributed by atoms with van der Waals surface area (Å²) in [6, 6.07) is 9.81. The molecule has 0 amide bonds. The second-order valence-corrected chi connectivity index (χ2v) is 4.65. The molecular formula is C18H19N. The molecule has 0 bridgehead atoms. The average molecular weight is 249 g/mol. The lowest BCUT2D eigenvalue weighted by Gasteiger charge is -2.06. The molecule has 0 saturated carbocycles. The molecule has 0 aromatic heterocycles. The molecule has 0 unspecified atom stereocenters. The van der Waals surface area contributed by atoms with Crippen molar-refractivity contribution in [2.45, 2.75) is 20.8 Å². The lowest BCUT2D eigenvalue weighted by molar-refractivity contribution is 1.34. The van der Waals surface area contributed by atoms with E-state index < -0.39 is 0 Å². The van der Waals surface area contributed by atoms with Crippen LogP contribution in [0.25, 0.3) is 5.57 Å². The van der Waals surface area contributed by atoms with Crippen molar-refractivity contribution in [3.8, 4) is 6.07 Å². The number of hydrogen-bond donors (Lipinski definition) is 0. The molecule has 0 aliphatic heterocycles. The number of hydrogen-bond acceptors (Lipinski definition) is 1. The van der Waals surface area contributed by atoms with Crippen molar-refractivity contribution in [2.24, 2.45) is 0 Å². The van der Waals surface area contributed by atoms with E-state index in [0.717, 1.165) is 27.9 Å². The molecule has 96 valence electrons. The third-order valence-electron chi connectivity index (χ3n) is 2.89. The maximum atomic E-state index is 9.10. The number of rotatable bonds is 4. The van der Waals surface area contributed by atoms with Gasteiger partial charge in [-0.1, -0.05) is 54.7 Å². The highest BCUT2D eigenvalue weighted by molar-refractivity contribution is 5.70. The van der Waals surface area contributed by atoms with Gasteiger partial charge in [0.05, 0.1) is 11.6 Å². The summed E-state index contributed by atoms with van der Waals surface area (Å²) in [6.45, 7) is 13.8. The van der Waals surface area contributed by atoms with Gasteiger partial charge in [-0.3, -0.25) is 0 Å². The highest BCUT2D eigenvalue weighted by Gasteiger charge is 2.02. The molecule has 1 aromatic carbocycles. The van der Waals surface area contributed by atoms with Crippen LogP contribution in [0.3, 0.4) is 0 Å². The molecule has 0 atom stereocenters. The molecule has 0 N–H and O–H groups in total. The van der Waals surface area contributed by atoms with E-state index in [0.29, 0.717) is 5.56 Å². The first-order valence-electron chi connectivity index (χ1n) is 6.17. The Bertz CT molecular complexity index is 591. The summed E-state index contributed by atoms with van der Waals surface area (Å²) in [5.74, 6) is 0. The minimum atomic E-state index is 0.692. The van der Waals surface area contributed by atoms with Crippen molar-refractivity contribution in [3.05, 3.63) is 77.4 Å². The van der Waals surface area contributed by atoms with Crippen molar-refractivity contribution < 1.29 is 0 Å². The van der Waals surface area contributed by atoms with Gasteiger partial charge in [0, 0.05) is 0 Å². The van der Waals surface area contributed by atoms with E-state index in [1.165, 1.54) is 0 Å². The predicted molar refractivity (Wildman–Crippen MR) is 82.5 cm³/mol. The van der Waals surface area contributed by atoms with Crippen LogP contribution >= 0.6 is 0 Å². The number of nitriles is 1. The molecule has 0 saturated heterocycles. The molecule has 0 spiro atoms. The number of nitrogens with zero attached hydrogens (tertiary/aromatic N) is 1. The van der Waals surface area contributed by atoms with Gasteiger partial charge in [0.1, 0.15) is 0 Å². The number of allylic oxidation sites excluding steroid dienone is 6. The second-order valence-electron chi connectivity index (χ2n) is 4.65. The SMILES string of the molecule is C=C(C)C(=C/C=C(\C)c1ccccc1C#N)C(=C)C. The first-order valence-corrected chi connectivity index (χ1v) is 6.17. The van der Waals surface area contributed by atoms with Gasteiger partial charge in [-0.2, -0.15) is 5.26 Å². The van der Waals surface area contributed by atoms with Gasteiger partial charge >= 0.3 is 0 Å². The summed E-state index contributed by atoms with van der Waals surface area (Å²) in [7, 11) is 0. The van der Waals surface area contributed by atoms with Crippen LogP contribution < -0.4 is 0 Å². The van der Waals surface area contributed by atoms with E-state index in [1.807, 2.05) is 57.2 Å². The average Bonchev–Trinajstić information content (AvgIpc) is 2.37. The second kappa shape index (κ2) is 6.56. The van der Waals surface area contributed by atoms with Crippen LogP contribution in [-0.4, -0.2) is 0 Å². The Balaban J connectivity index is 3.20. The Morgan fingerprint density at radius 1 is 1.05 bits per heavy atom. The Hall–Kier alpha value is -2.33. The third-order valence-corrected chi connectivity index (χ3v) is 2.89. The monoisotopic (exact) mass is 249 g/mol. The van der Waals surface area contributed by atoms with Crippen LogP contribution in [-0.2, 0) is 0 Å². The van der Waals surface area contributed by atoms with E-state index in [1.54, 1.807) is 0 Å². The third kappa shape index (κ3) is 3.82. The van der Waals surface area contributed by atoms with Gasteiger partial charge in [0.15, 0.2) is 0 Å². The molecular weight excluding hydrogens is 230 g/mol. The lowest BCUT2D eigenvalue weighted by Crippen LogP contribution is -1.87. The fraction of sp³-hybridized carbons (Fsp3) is 0.167. The minimum absolute atomic E-state index is 0.692. The molecule has 1 heteroatoms. The first kappa shape index (κ1) is 14.7. The molecule has 0 radical (unpaired) electrons. The summed E-state index contributed by atoms with van der Waals surface area (Å²) in [5.41, 5.74) is 5.74. The fourth-order valence-electron chi connectivity index (χ4n) is 1.87. The molecule has 1 nitrogen and oxygen atoms in total. The topological polar surface area (TPSA) is 23.8 Å². The van der Waals surface area contributed by atoms with Gasteiger partial charge in [0.25, 0.3) is 0 Å². The summed E-state index contributed by atoms with van der Waals surface area (Å²) >= 11 is 0. The van der Waals surface area contributed by atoms with Crippen LogP contribution in [0.4, 0.5) is 0 Å². The van der Waals surface area contributed by atoms with E-state index in [2.05, 4.69) is 19.2 Å². The standard InChI is InChI=1S/C18H19N/c1-13(2)17(14(3)4)11-10-15(5)18-9-7-6-8-16(18)12-19/h6-11H,1,3H2,2,4-5H3/b15-10+. The zero-order valence-corrected chi connectivity index (χ0v) is 11.8. The van der Waals surface area contributed by atoms with Crippen molar-refractivity contribution in [2.75, 3.05) is 0 Å². The van der Waals surface area contributed by atoms with E-state index >= 15 is 0 Å². The smallest absolute Gasteiger partial charge is 0.0998 e. The Labute approximate surface area is 115 Å². The van der Waals surface area contributed by atoms with Gasteiger partial charge in [0.2, 0.25) is 0 Å². The fourth-order valence-corrected chi connectivity index (χ4v) is 1.87. The maximum Gasteiger partial charge on any atom is 0.0998 e. The van der Waals surface area contributed by atoms with Crippen molar-refractivity contribution in [1.82, 2.24) is 0 Å². The van der Waals surface area contributed by atoms with E-state index in [9.17, 15) is 0 Å². The van der Waals surface area contributed by atoms with Crippen LogP contribution in [0.2, 0.25) is 0 Å². The number of benzene rings is 1. The largest absolute Gasteiger partial charge is 0.192 e. The minimum Gasteiger partial charge on any atom is -0.192 e. The Morgan fingerprint density at radius 2 is 1.63 bits per heavy atom. The van der Waals surface area contributed by atoms with Crippen molar-refractivity contribution in [1.29, 1.82) is 5.26 Å². The highest BCUT2D eigenvalue weighted by Crippen LogP contribution is 2.21. The zero-order valence-electron chi connectivity index (χ0n) is 11.8. The maximum absolute atomic E-state index is 9.10. The van der Waals surface area contributed by atoms with Crippen LogP contribution in [0.15, 0.2) is 66.3 Å². The molecule has 1 aromatic rings. The first-order chi connectivity index (χ1) is 8.97. The van der Waals surface area contributed by atoms with Gasteiger partial charge in [-0.15, -0.1) is 0 Å². The van der Waals surface area contributed by atoms with E-state index in [4.69, 9.17) is 5.26 Å². The Morgan fingerprint density at radius 3 is 2.16 bits per heavy atom. The van der Waals surface area contributed by atoms with Crippen LogP contribution in [0, 0.1) is 11.3 Å². The molecule has 1 rings (SSSR count). The van der Waals surface area contributed by atoms with Crippen LogP contribution in [0.1, 0.15) is 31.9 Å². The van der Waals surface area contributed by atoms with Crippen molar-refractivity contribution in [3.63, 3.8) is 0 Å². The molecule has 19 heavy (non-hydrogen) atoms. The Kier molecular flexibility index (Phi) is 5.09. The normalized spacial score (nSPS) is 10.5. The lowest BCUT2D eigenvalue weighted by atomic mass is 9.98. The molecule has 0 aliphatic carbocycles. The van der Waals surface area contributed by atoms with E-state index in [-0.39, 0.29) is 0 Å². The molecule has 0 fully saturated rings. The quantitative estimate of drug-likeness (QED) is 0.686. The zero-order chi connectivity index (χ0) is 14.4. The van der Waals surface area contributed by atoms with Crippen molar-refractivity contribution >= 4 is 5.57 Å². The van der Waals surface area contributed by atoms with Crippen LogP contribution in [0.5, 0.6) is 0 Å². The van der Waals surface area contributed by atoms with Gasteiger partial charge < -0.3 is 0 Å². The predicted octanol–water partition coefficient (Wildman–Crippen LogP) is 5.04. The van der Waals surface area contributed by atoms with Gasteiger partial charge in [-0.05, 0) is 43.5 Å². The summed E-state index contributed by atoms with van der Waals surface area (Å²) in [6.07, 6.45) is 4.02. The molecule has 0 heterocycles. The van der Waals surface area contributed by atoms with Gasteiger partial charge in [-0.25, -0.2) is 0 Å². The summed E-state index contributed by atoms with van der Waals surface area (Å²) in [5, 5.41) is 9.10. The highest BCUT2D eigenvalue weighted by atomic mass is 14.2. The summed E-state index contributed by atoms with van der Waals surface area (Å²) in [4.78, 5) is 0.